The van der Waals surface area contributed by atoms with Gasteiger partial charge in [-0.3, -0.25) is 0 Å². The second-order valence-corrected chi connectivity index (χ2v) is 5.50. The van der Waals surface area contributed by atoms with Crippen molar-refractivity contribution in [1.29, 1.82) is 0 Å². The van der Waals surface area contributed by atoms with Crippen LogP contribution in [-0.2, 0) is 0 Å². The highest BCUT2D eigenvalue weighted by Gasteiger charge is 2.19. The fraction of sp³-hybridized carbons (Fsp3) is 1.00. The molecule has 13 heavy (non-hydrogen) atoms. The summed E-state index contributed by atoms with van der Waals surface area (Å²) in [5.41, 5.74) is 5.90. The number of nitrogens with two attached hydrogens (primary N) is 1. The van der Waals surface area contributed by atoms with Gasteiger partial charge in [0, 0.05) is 17.9 Å². The van der Waals surface area contributed by atoms with Crippen LogP contribution in [0.5, 0.6) is 0 Å². The third-order valence-electron chi connectivity index (χ3n) is 2.59. The molecule has 0 aromatic rings. The molecule has 1 fully saturated rings. The maximum Gasteiger partial charge on any atom is 0.0464 e. The summed E-state index contributed by atoms with van der Waals surface area (Å²) in [4.78, 5) is 0. The van der Waals surface area contributed by atoms with Crippen LogP contribution in [0.1, 0.15) is 32.6 Å². The van der Waals surface area contributed by atoms with Crippen LogP contribution in [0.4, 0.5) is 0 Å². The highest BCUT2D eigenvalue weighted by Crippen LogP contribution is 2.28. The van der Waals surface area contributed by atoms with Gasteiger partial charge in [0.1, 0.15) is 0 Å². The molecule has 0 heterocycles. The van der Waals surface area contributed by atoms with Gasteiger partial charge in [0.25, 0.3) is 0 Å². The van der Waals surface area contributed by atoms with E-state index >= 15 is 0 Å². The van der Waals surface area contributed by atoms with Crippen molar-refractivity contribution in [3.05, 3.63) is 0 Å². The first kappa shape index (κ1) is 11.3. The lowest BCUT2D eigenvalue weighted by atomic mass is 9.96. The zero-order valence-electron chi connectivity index (χ0n) is 8.41. The predicted octanol–water partition coefficient (Wildman–Crippen LogP) is 1.62. The van der Waals surface area contributed by atoms with Crippen LogP contribution >= 0.6 is 11.8 Å². The normalized spacial score (nSPS) is 31.6. The summed E-state index contributed by atoms with van der Waals surface area (Å²) in [6.07, 6.45) is 4.97. The van der Waals surface area contributed by atoms with Gasteiger partial charge in [0.15, 0.2) is 0 Å². The largest absolute Gasteiger partial charge is 0.396 e. The molecule has 3 unspecified atom stereocenters. The van der Waals surface area contributed by atoms with E-state index in [0.29, 0.717) is 18.6 Å². The molecular formula is C10H21NOS. The standard InChI is InChI=1S/C10H21NOS/c1-8(6-12)7-13-10-4-2-3-9(11)5-10/h8-10,12H,2-7,11H2,1H3. The number of thioether (sulfide) groups is 1. The molecule has 3 N–H and O–H groups in total. The Labute approximate surface area is 85.3 Å². The van der Waals surface area contributed by atoms with Crippen LogP contribution in [0.3, 0.4) is 0 Å². The summed E-state index contributed by atoms with van der Waals surface area (Å²) in [7, 11) is 0. The highest BCUT2D eigenvalue weighted by molar-refractivity contribution is 7.99. The van der Waals surface area contributed by atoms with Gasteiger partial charge in [-0.1, -0.05) is 13.3 Å². The van der Waals surface area contributed by atoms with Crippen molar-refractivity contribution >= 4 is 11.8 Å². The lowest BCUT2D eigenvalue weighted by molar-refractivity contribution is 0.250. The van der Waals surface area contributed by atoms with Crippen LogP contribution in [0.15, 0.2) is 0 Å². The smallest absolute Gasteiger partial charge is 0.0464 e. The van der Waals surface area contributed by atoms with Crippen molar-refractivity contribution in [2.45, 2.75) is 43.9 Å². The summed E-state index contributed by atoms with van der Waals surface area (Å²) >= 11 is 1.99. The number of aliphatic hydroxyl groups excluding tert-OH is 1. The number of aliphatic hydroxyl groups is 1. The Morgan fingerprint density at radius 3 is 2.92 bits per heavy atom. The van der Waals surface area contributed by atoms with E-state index in [1.807, 2.05) is 11.8 Å². The van der Waals surface area contributed by atoms with E-state index in [1.165, 1.54) is 25.7 Å². The molecule has 78 valence electrons. The minimum Gasteiger partial charge on any atom is -0.396 e. The Balaban J connectivity index is 2.13. The maximum atomic E-state index is 8.88. The Morgan fingerprint density at radius 2 is 2.31 bits per heavy atom. The van der Waals surface area contributed by atoms with Crippen LogP contribution in [0.2, 0.25) is 0 Å². The molecule has 1 aliphatic rings. The minimum atomic E-state index is 0.311. The second kappa shape index (κ2) is 5.89. The average molecular weight is 203 g/mol. The molecule has 0 amide bonds. The molecule has 1 saturated carbocycles. The molecule has 2 nitrogen and oxygen atoms in total. The van der Waals surface area contributed by atoms with Gasteiger partial charge in [-0.25, -0.2) is 0 Å². The molecule has 0 radical (unpaired) electrons. The Bertz CT molecular complexity index is 143. The first-order chi connectivity index (χ1) is 6.22. The number of hydrogen-bond acceptors (Lipinski definition) is 3. The molecular weight excluding hydrogens is 182 g/mol. The van der Waals surface area contributed by atoms with Crippen molar-refractivity contribution < 1.29 is 5.11 Å². The van der Waals surface area contributed by atoms with Gasteiger partial charge in [0.2, 0.25) is 0 Å². The molecule has 1 aliphatic carbocycles. The molecule has 1 rings (SSSR count). The first-order valence-electron chi connectivity index (χ1n) is 5.20. The molecule has 3 atom stereocenters. The molecule has 0 spiro atoms. The molecule has 0 aliphatic heterocycles. The topological polar surface area (TPSA) is 46.2 Å². The van der Waals surface area contributed by atoms with E-state index in [-0.39, 0.29) is 0 Å². The number of rotatable bonds is 4. The predicted molar refractivity (Wildman–Crippen MR) is 58.9 cm³/mol. The summed E-state index contributed by atoms with van der Waals surface area (Å²) in [5, 5.41) is 9.63. The Morgan fingerprint density at radius 1 is 1.54 bits per heavy atom. The number of hydrogen-bond donors (Lipinski definition) is 2. The van der Waals surface area contributed by atoms with Gasteiger partial charge in [0.05, 0.1) is 0 Å². The molecule has 3 heteroatoms. The molecule has 0 aromatic heterocycles. The zero-order valence-corrected chi connectivity index (χ0v) is 9.22. The lowest BCUT2D eigenvalue weighted by Crippen LogP contribution is -2.29. The lowest BCUT2D eigenvalue weighted by Gasteiger charge is -2.26. The van der Waals surface area contributed by atoms with Gasteiger partial charge in [-0.15, -0.1) is 0 Å². The quantitative estimate of drug-likeness (QED) is 0.730. The summed E-state index contributed by atoms with van der Waals surface area (Å²) in [5.74, 6) is 1.51. The second-order valence-electron chi connectivity index (χ2n) is 4.17. The minimum absolute atomic E-state index is 0.311. The van der Waals surface area contributed by atoms with Crippen molar-refractivity contribution in [3.63, 3.8) is 0 Å². The van der Waals surface area contributed by atoms with E-state index in [9.17, 15) is 0 Å². The third-order valence-corrected chi connectivity index (χ3v) is 4.26. The van der Waals surface area contributed by atoms with Gasteiger partial charge >= 0.3 is 0 Å². The van der Waals surface area contributed by atoms with E-state index < -0.39 is 0 Å². The van der Waals surface area contributed by atoms with Crippen LogP contribution < -0.4 is 5.73 Å². The van der Waals surface area contributed by atoms with Crippen LogP contribution in [0, 0.1) is 5.92 Å². The maximum absolute atomic E-state index is 8.88. The zero-order chi connectivity index (χ0) is 9.68. The van der Waals surface area contributed by atoms with Crippen molar-refractivity contribution in [1.82, 2.24) is 0 Å². The SMILES string of the molecule is CC(CO)CSC1CCCC(N)C1. The van der Waals surface area contributed by atoms with E-state index in [2.05, 4.69) is 6.92 Å². The van der Waals surface area contributed by atoms with Crippen molar-refractivity contribution in [2.75, 3.05) is 12.4 Å². The summed E-state index contributed by atoms with van der Waals surface area (Å²) in [6.45, 7) is 2.40. The van der Waals surface area contributed by atoms with Crippen molar-refractivity contribution in [3.8, 4) is 0 Å². The monoisotopic (exact) mass is 203 g/mol. The fourth-order valence-corrected chi connectivity index (χ4v) is 3.11. The average Bonchev–Trinajstić information content (AvgIpc) is 2.14. The first-order valence-corrected chi connectivity index (χ1v) is 6.25. The van der Waals surface area contributed by atoms with Gasteiger partial charge in [-0.2, -0.15) is 11.8 Å². The van der Waals surface area contributed by atoms with Gasteiger partial charge < -0.3 is 10.8 Å². The van der Waals surface area contributed by atoms with Crippen molar-refractivity contribution in [2.24, 2.45) is 11.7 Å². The van der Waals surface area contributed by atoms with Crippen LogP contribution in [-0.4, -0.2) is 28.8 Å². The van der Waals surface area contributed by atoms with Gasteiger partial charge in [-0.05, 0) is 30.9 Å². The Hall–Kier alpha value is 0.270. The molecule has 0 bridgehead atoms. The summed E-state index contributed by atoms with van der Waals surface area (Å²) in [6, 6.07) is 0.427. The Kier molecular flexibility index (Phi) is 5.14. The fourth-order valence-electron chi connectivity index (χ4n) is 1.69. The summed E-state index contributed by atoms with van der Waals surface area (Å²) < 4.78 is 0. The molecule has 0 aromatic carbocycles. The van der Waals surface area contributed by atoms with E-state index in [4.69, 9.17) is 10.8 Å². The van der Waals surface area contributed by atoms with Crippen LogP contribution in [0.25, 0.3) is 0 Å². The van der Waals surface area contributed by atoms with E-state index in [1.54, 1.807) is 0 Å². The van der Waals surface area contributed by atoms with E-state index in [0.717, 1.165) is 11.0 Å². The third kappa shape index (κ3) is 4.34. The highest BCUT2D eigenvalue weighted by atomic mass is 32.2. The molecule has 0 saturated heterocycles.